The lowest BCUT2D eigenvalue weighted by molar-refractivity contribution is -0.143. The van der Waals surface area contributed by atoms with Crippen molar-refractivity contribution < 1.29 is 24.2 Å². The van der Waals surface area contributed by atoms with Crippen molar-refractivity contribution in [3.63, 3.8) is 0 Å². The molecule has 7 nitrogen and oxygen atoms in total. The standard InChI is InChI=1S/C28H34N2O5/c1-28(2,3)30(15-14-25(31)32)26(33)18-12-13-19(16-18)29-27(34)35-17-24-22-10-6-4-8-20(22)21-9-5-7-11-23(21)24/h4-11,18-19,24H,12-17H2,1-3H3,(H,29,34)(H,31,32). The van der Waals surface area contributed by atoms with E-state index in [1.807, 2.05) is 45.0 Å². The maximum Gasteiger partial charge on any atom is 0.407 e. The van der Waals surface area contributed by atoms with Gasteiger partial charge in [-0.1, -0.05) is 48.5 Å². The van der Waals surface area contributed by atoms with Crippen LogP contribution in [-0.2, 0) is 14.3 Å². The first kappa shape index (κ1) is 24.8. The van der Waals surface area contributed by atoms with E-state index >= 15 is 0 Å². The van der Waals surface area contributed by atoms with Gasteiger partial charge in [0.15, 0.2) is 0 Å². The number of fused-ring (bicyclic) bond motifs is 3. The number of rotatable bonds is 7. The Labute approximate surface area is 206 Å². The molecule has 0 heterocycles. The number of alkyl carbamates (subject to hydrolysis) is 1. The van der Waals surface area contributed by atoms with Crippen molar-refractivity contribution in [1.29, 1.82) is 0 Å². The van der Waals surface area contributed by atoms with Crippen LogP contribution in [0.2, 0.25) is 0 Å². The fourth-order valence-electron chi connectivity index (χ4n) is 5.35. The zero-order chi connectivity index (χ0) is 25.2. The first-order valence-corrected chi connectivity index (χ1v) is 12.3. The Morgan fingerprint density at radius 1 is 1.00 bits per heavy atom. The third-order valence-electron chi connectivity index (χ3n) is 7.07. The maximum atomic E-state index is 13.2. The summed E-state index contributed by atoms with van der Waals surface area (Å²) in [5, 5.41) is 12.0. The number of nitrogens with one attached hydrogen (secondary N) is 1. The molecule has 2 amide bonds. The smallest absolute Gasteiger partial charge is 0.407 e. The Balaban J connectivity index is 1.32. The van der Waals surface area contributed by atoms with E-state index in [1.54, 1.807) is 4.90 Å². The number of nitrogens with zero attached hydrogens (tertiary/aromatic N) is 1. The monoisotopic (exact) mass is 478 g/mol. The molecule has 4 rings (SSSR count). The van der Waals surface area contributed by atoms with Crippen LogP contribution >= 0.6 is 0 Å². The predicted molar refractivity (Wildman–Crippen MR) is 133 cm³/mol. The summed E-state index contributed by atoms with van der Waals surface area (Å²) in [7, 11) is 0. The second kappa shape index (κ2) is 10.1. The number of benzene rings is 2. The predicted octanol–water partition coefficient (Wildman–Crippen LogP) is 4.80. The summed E-state index contributed by atoms with van der Waals surface area (Å²) in [4.78, 5) is 38.5. The third kappa shape index (κ3) is 5.50. The molecule has 2 atom stereocenters. The number of amides is 2. The Bertz CT molecular complexity index is 1060. The summed E-state index contributed by atoms with van der Waals surface area (Å²) in [6.45, 7) is 6.16. The number of aliphatic carboxylic acids is 1. The van der Waals surface area contributed by atoms with Crippen molar-refractivity contribution in [2.24, 2.45) is 5.92 Å². The highest BCUT2D eigenvalue weighted by Gasteiger charge is 2.37. The molecule has 2 unspecified atom stereocenters. The van der Waals surface area contributed by atoms with Gasteiger partial charge in [-0.25, -0.2) is 4.79 Å². The molecule has 1 fully saturated rings. The van der Waals surface area contributed by atoms with Crippen molar-refractivity contribution in [2.75, 3.05) is 13.2 Å². The average Bonchev–Trinajstić information content (AvgIpc) is 3.39. The Kier molecular flexibility index (Phi) is 7.15. The number of carbonyl (C=O) groups excluding carboxylic acids is 2. The van der Waals surface area contributed by atoms with Crippen LogP contribution in [0, 0.1) is 5.92 Å². The quantitative estimate of drug-likeness (QED) is 0.596. The maximum absolute atomic E-state index is 13.2. The van der Waals surface area contributed by atoms with E-state index < -0.39 is 17.6 Å². The zero-order valence-electron chi connectivity index (χ0n) is 20.6. The highest BCUT2D eigenvalue weighted by atomic mass is 16.5. The summed E-state index contributed by atoms with van der Waals surface area (Å²) in [5.74, 6) is -1.20. The van der Waals surface area contributed by atoms with Gasteiger partial charge in [0.2, 0.25) is 5.91 Å². The van der Waals surface area contributed by atoms with Crippen LogP contribution in [0.4, 0.5) is 4.79 Å². The van der Waals surface area contributed by atoms with Crippen molar-refractivity contribution in [3.05, 3.63) is 59.7 Å². The molecule has 2 aromatic rings. The first-order chi connectivity index (χ1) is 16.6. The Morgan fingerprint density at radius 2 is 1.60 bits per heavy atom. The minimum atomic E-state index is -0.923. The molecule has 2 aromatic carbocycles. The van der Waals surface area contributed by atoms with Gasteiger partial charge in [-0.3, -0.25) is 9.59 Å². The highest BCUT2D eigenvalue weighted by Crippen LogP contribution is 2.44. The molecular weight excluding hydrogens is 444 g/mol. The van der Waals surface area contributed by atoms with Crippen LogP contribution in [0.15, 0.2) is 48.5 Å². The molecule has 0 radical (unpaired) electrons. The summed E-state index contributed by atoms with van der Waals surface area (Å²) in [6, 6.07) is 16.3. The van der Waals surface area contributed by atoms with Gasteiger partial charge < -0.3 is 20.1 Å². The first-order valence-electron chi connectivity index (χ1n) is 12.3. The van der Waals surface area contributed by atoms with E-state index in [9.17, 15) is 14.4 Å². The lowest BCUT2D eigenvalue weighted by atomic mass is 9.98. The van der Waals surface area contributed by atoms with E-state index in [2.05, 4.69) is 29.6 Å². The van der Waals surface area contributed by atoms with Gasteiger partial charge in [0.05, 0.1) is 6.42 Å². The molecule has 0 saturated heterocycles. The van der Waals surface area contributed by atoms with Crippen LogP contribution < -0.4 is 5.32 Å². The molecule has 0 bridgehead atoms. The molecule has 2 aliphatic rings. The lowest BCUT2D eigenvalue weighted by Gasteiger charge is -2.37. The van der Waals surface area contributed by atoms with E-state index in [0.29, 0.717) is 19.3 Å². The number of hydrogen-bond donors (Lipinski definition) is 2. The molecule has 35 heavy (non-hydrogen) atoms. The molecule has 0 spiro atoms. The summed E-state index contributed by atoms with van der Waals surface area (Å²) >= 11 is 0. The Hall–Kier alpha value is -3.35. The highest BCUT2D eigenvalue weighted by molar-refractivity contribution is 5.81. The van der Waals surface area contributed by atoms with Crippen LogP contribution in [0.25, 0.3) is 11.1 Å². The van der Waals surface area contributed by atoms with Gasteiger partial charge in [-0.2, -0.15) is 0 Å². The fraction of sp³-hybridized carbons (Fsp3) is 0.464. The van der Waals surface area contributed by atoms with Crippen LogP contribution in [0.3, 0.4) is 0 Å². The van der Waals surface area contributed by atoms with Crippen molar-refractivity contribution in [1.82, 2.24) is 10.2 Å². The SMILES string of the molecule is CC(C)(C)N(CCC(=O)O)C(=O)C1CCC(NC(=O)OCC2c3ccccc3-c3ccccc32)C1. The van der Waals surface area contributed by atoms with Gasteiger partial charge in [0, 0.05) is 30.0 Å². The summed E-state index contributed by atoms with van der Waals surface area (Å²) < 4.78 is 5.65. The molecule has 186 valence electrons. The number of carboxylic acids is 1. The van der Waals surface area contributed by atoms with Crippen LogP contribution in [0.5, 0.6) is 0 Å². The second-order valence-corrected chi connectivity index (χ2v) is 10.5. The lowest BCUT2D eigenvalue weighted by Crippen LogP contribution is -2.49. The largest absolute Gasteiger partial charge is 0.481 e. The van der Waals surface area contributed by atoms with E-state index in [4.69, 9.17) is 9.84 Å². The topological polar surface area (TPSA) is 95.9 Å². The number of carbonyl (C=O) groups is 3. The van der Waals surface area contributed by atoms with Gasteiger partial charge >= 0.3 is 12.1 Å². The van der Waals surface area contributed by atoms with Gasteiger partial charge in [0.1, 0.15) is 6.61 Å². The molecule has 0 aromatic heterocycles. The molecule has 0 aliphatic heterocycles. The van der Waals surface area contributed by atoms with Gasteiger partial charge in [0.25, 0.3) is 0 Å². The van der Waals surface area contributed by atoms with Crippen LogP contribution in [0.1, 0.15) is 63.5 Å². The number of ether oxygens (including phenoxy) is 1. The van der Waals surface area contributed by atoms with Crippen molar-refractivity contribution in [3.8, 4) is 11.1 Å². The third-order valence-corrected chi connectivity index (χ3v) is 7.07. The van der Waals surface area contributed by atoms with Crippen LogP contribution in [-0.4, -0.2) is 52.7 Å². The minimum absolute atomic E-state index is 0.000586. The molecule has 1 saturated carbocycles. The van der Waals surface area contributed by atoms with E-state index in [-0.39, 0.29) is 43.4 Å². The number of carboxylic acid groups (broad SMARTS) is 1. The van der Waals surface area contributed by atoms with Gasteiger partial charge in [-0.05, 0) is 62.3 Å². The Morgan fingerprint density at radius 3 is 2.17 bits per heavy atom. The van der Waals surface area contributed by atoms with Crippen molar-refractivity contribution >= 4 is 18.0 Å². The normalized spacial score (nSPS) is 19.1. The van der Waals surface area contributed by atoms with E-state index in [0.717, 1.165) is 11.1 Å². The van der Waals surface area contributed by atoms with Gasteiger partial charge in [-0.15, -0.1) is 0 Å². The molecule has 2 aliphatic carbocycles. The summed E-state index contributed by atoms with van der Waals surface area (Å²) in [6.07, 6.45) is 1.33. The average molecular weight is 479 g/mol. The molecule has 2 N–H and O–H groups in total. The molecule has 7 heteroatoms. The summed E-state index contributed by atoms with van der Waals surface area (Å²) in [5.41, 5.74) is 4.22. The number of hydrogen-bond acceptors (Lipinski definition) is 4. The zero-order valence-corrected chi connectivity index (χ0v) is 20.6. The molecular formula is C28H34N2O5. The van der Waals surface area contributed by atoms with Crippen molar-refractivity contribution in [2.45, 2.75) is 64.0 Å². The minimum Gasteiger partial charge on any atom is -0.481 e. The second-order valence-electron chi connectivity index (χ2n) is 10.5. The fourth-order valence-corrected chi connectivity index (χ4v) is 5.35. The van der Waals surface area contributed by atoms with E-state index in [1.165, 1.54) is 11.1 Å².